The Labute approximate surface area is 152 Å². The minimum atomic E-state index is -0.0833. The van der Waals surface area contributed by atoms with Crippen molar-refractivity contribution in [3.05, 3.63) is 33.8 Å². The lowest BCUT2D eigenvalue weighted by atomic mass is 10.1. The van der Waals surface area contributed by atoms with E-state index in [9.17, 15) is 9.59 Å². The van der Waals surface area contributed by atoms with Gasteiger partial charge in [-0.2, -0.15) is 5.10 Å². The van der Waals surface area contributed by atoms with Gasteiger partial charge in [0.1, 0.15) is 11.6 Å². The molecule has 26 heavy (non-hydrogen) atoms. The van der Waals surface area contributed by atoms with Crippen LogP contribution in [-0.2, 0) is 30.7 Å². The molecule has 2 aromatic heterocycles. The van der Waals surface area contributed by atoms with Crippen molar-refractivity contribution in [1.82, 2.24) is 24.8 Å². The van der Waals surface area contributed by atoms with Gasteiger partial charge in [0, 0.05) is 31.6 Å². The van der Waals surface area contributed by atoms with E-state index in [-0.39, 0.29) is 24.1 Å². The zero-order valence-electron chi connectivity index (χ0n) is 15.7. The maximum Gasteiger partial charge on any atom is 0.345 e. The Morgan fingerprint density at radius 1 is 1.42 bits per heavy atom. The molecule has 3 rings (SSSR count). The van der Waals surface area contributed by atoms with Gasteiger partial charge in [0.05, 0.1) is 12.1 Å². The largest absolute Gasteiger partial charge is 0.361 e. The lowest BCUT2D eigenvalue weighted by molar-refractivity contribution is -0.121. The molecule has 2 aromatic rings. The van der Waals surface area contributed by atoms with E-state index in [1.807, 2.05) is 6.92 Å². The molecule has 1 aliphatic rings. The topological polar surface area (TPSA) is 95.0 Å². The summed E-state index contributed by atoms with van der Waals surface area (Å²) in [5, 5.41) is 11.3. The van der Waals surface area contributed by atoms with Crippen molar-refractivity contribution in [1.29, 1.82) is 0 Å². The van der Waals surface area contributed by atoms with Crippen LogP contribution in [0, 0.1) is 12.8 Å². The Morgan fingerprint density at radius 3 is 2.92 bits per heavy atom. The Morgan fingerprint density at radius 2 is 2.23 bits per heavy atom. The predicted octanol–water partition coefficient (Wildman–Crippen LogP) is 1.45. The minimum absolute atomic E-state index is 0.0373. The summed E-state index contributed by atoms with van der Waals surface area (Å²) < 4.78 is 8.43. The summed E-state index contributed by atoms with van der Waals surface area (Å²) in [4.78, 5) is 24.7. The van der Waals surface area contributed by atoms with Gasteiger partial charge in [-0.25, -0.2) is 9.48 Å². The van der Waals surface area contributed by atoms with Crippen LogP contribution in [0.3, 0.4) is 0 Å². The second kappa shape index (κ2) is 7.88. The van der Waals surface area contributed by atoms with Crippen molar-refractivity contribution in [3.63, 3.8) is 0 Å². The average molecular weight is 361 g/mol. The molecule has 0 saturated heterocycles. The Bertz CT molecular complexity index is 817. The maximum absolute atomic E-state index is 12.5. The van der Waals surface area contributed by atoms with Crippen LogP contribution in [0.1, 0.15) is 50.4 Å². The summed E-state index contributed by atoms with van der Waals surface area (Å²) >= 11 is 0. The third-order valence-electron chi connectivity index (χ3n) is 4.71. The maximum atomic E-state index is 12.5. The molecule has 8 heteroatoms. The summed E-state index contributed by atoms with van der Waals surface area (Å²) in [7, 11) is 0. The summed E-state index contributed by atoms with van der Waals surface area (Å²) in [6.07, 6.45) is 3.32. The van der Waals surface area contributed by atoms with Crippen LogP contribution in [-0.4, -0.2) is 31.5 Å². The van der Waals surface area contributed by atoms with Crippen molar-refractivity contribution in [2.45, 2.75) is 72.0 Å². The first-order valence-electron chi connectivity index (χ1n) is 9.30. The molecular weight excluding hydrogens is 334 g/mol. The van der Waals surface area contributed by atoms with Crippen LogP contribution in [0.15, 0.2) is 15.4 Å². The van der Waals surface area contributed by atoms with E-state index in [1.165, 1.54) is 0 Å². The zero-order chi connectivity index (χ0) is 18.7. The monoisotopic (exact) mass is 361 g/mol. The highest BCUT2D eigenvalue weighted by Crippen LogP contribution is 2.13. The fraction of sp³-hybridized carbons (Fsp3) is 0.667. The van der Waals surface area contributed by atoms with Gasteiger partial charge in [-0.15, -0.1) is 0 Å². The first-order chi connectivity index (χ1) is 12.4. The van der Waals surface area contributed by atoms with Gasteiger partial charge in [0.15, 0.2) is 0 Å². The summed E-state index contributed by atoms with van der Waals surface area (Å²) in [5.41, 5.74) is 0.728. The second-order valence-corrected chi connectivity index (χ2v) is 7.46. The van der Waals surface area contributed by atoms with Crippen molar-refractivity contribution in [3.8, 4) is 0 Å². The van der Waals surface area contributed by atoms with Gasteiger partial charge in [-0.05, 0) is 32.1 Å². The SMILES string of the molecule is Cc1cc(CC(=O)NC2CCc3nn(CCC(C)C)c(=O)n3CC2)on1. The third-order valence-corrected chi connectivity index (χ3v) is 4.71. The van der Waals surface area contributed by atoms with Crippen molar-refractivity contribution in [2.24, 2.45) is 5.92 Å². The van der Waals surface area contributed by atoms with Crippen LogP contribution in [0.4, 0.5) is 0 Å². The van der Waals surface area contributed by atoms with Crippen molar-refractivity contribution < 1.29 is 9.32 Å². The first kappa shape index (κ1) is 18.4. The minimum Gasteiger partial charge on any atom is -0.361 e. The molecule has 0 aliphatic carbocycles. The molecular formula is C18H27N5O3. The number of nitrogens with one attached hydrogen (secondary N) is 1. The Kier molecular flexibility index (Phi) is 5.58. The summed E-state index contributed by atoms with van der Waals surface area (Å²) in [6, 6.07) is 1.80. The highest BCUT2D eigenvalue weighted by atomic mass is 16.5. The van der Waals surface area contributed by atoms with Crippen molar-refractivity contribution in [2.75, 3.05) is 0 Å². The Hall–Kier alpha value is -2.38. The molecule has 1 aliphatic heterocycles. The highest BCUT2D eigenvalue weighted by Gasteiger charge is 2.22. The van der Waals surface area contributed by atoms with Crippen molar-refractivity contribution >= 4 is 5.91 Å². The molecule has 8 nitrogen and oxygen atoms in total. The van der Waals surface area contributed by atoms with E-state index in [0.29, 0.717) is 31.2 Å². The fourth-order valence-corrected chi connectivity index (χ4v) is 3.24. The van der Waals surface area contributed by atoms with Gasteiger partial charge in [-0.1, -0.05) is 19.0 Å². The number of amides is 1. The van der Waals surface area contributed by atoms with E-state index in [4.69, 9.17) is 4.52 Å². The lowest BCUT2D eigenvalue weighted by Gasteiger charge is -2.15. The molecule has 0 spiro atoms. The molecule has 3 heterocycles. The second-order valence-electron chi connectivity index (χ2n) is 7.46. The molecule has 1 amide bonds. The van der Waals surface area contributed by atoms with E-state index >= 15 is 0 Å². The van der Waals surface area contributed by atoms with E-state index in [1.54, 1.807) is 15.3 Å². The van der Waals surface area contributed by atoms with E-state index in [2.05, 4.69) is 29.4 Å². The number of rotatable bonds is 6. The van der Waals surface area contributed by atoms with Gasteiger partial charge >= 0.3 is 5.69 Å². The van der Waals surface area contributed by atoms with Crippen LogP contribution in [0.2, 0.25) is 0 Å². The molecule has 1 unspecified atom stereocenters. The lowest BCUT2D eigenvalue weighted by Crippen LogP contribution is -2.36. The number of nitrogens with zero attached hydrogens (tertiary/aromatic N) is 4. The molecule has 0 radical (unpaired) electrons. The molecule has 0 bridgehead atoms. The number of fused-ring (bicyclic) bond motifs is 1. The molecule has 0 saturated carbocycles. The van der Waals surface area contributed by atoms with Crippen LogP contribution in [0.25, 0.3) is 0 Å². The van der Waals surface area contributed by atoms with E-state index < -0.39 is 0 Å². The number of hydrogen-bond donors (Lipinski definition) is 1. The summed E-state index contributed by atoms with van der Waals surface area (Å²) in [5.74, 6) is 1.84. The van der Waals surface area contributed by atoms with Gasteiger partial charge < -0.3 is 9.84 Å². The zero-order valence-corrected chi connectivity index (χ0v) is 15.7. The van der Waals surface area contributed by atoms with Crippen LogP contribution < -0.4 is 11.0 Å². The van der Waals surface area contributed by atoms with Crippen LogP contribution >= 0.6 is 0 Å². The number of hydrogen-bond acceptors (Lipinski definition) is 5. The normalized spacial score (nSPS) is 17.2. The third kappa shape index (κ3) is 4.42. The summed E-state index contributed by atoms with van der Waals surface area (Å²) in [6.45, 7) is 7.35. The molecule has 0 fully saturated rings. The predicted molar refractivity (Wildman–Crippen MR) is 95.8 cm³/mol. The Balaban J connectivity index is 1.56. The number of aromatic nitrogens is 4. The van der Waals surface area contributed by atoms with Gasteiger partial charge in [0.25, 0.3) is 0 Å². The van der Waals surface area contributed by atoms with Gasteiger partial charge in [-0.3, -0.25) is 9.36 Å². The highest BCUT2D eigenvalue weighted by molar-refractivity contribution is 5.78. The molecule has 1 atom stereocenters. The first-order valence-corrected chi connectivity index (χ1v) is 9.30. The van der Waals surface area contributed by atoms with Crippen LogP contribution in [0.5, 0.6) is 0 Å². The number of carbonyl (C=O) groups is 1. The smallest absolute Gasteiger partial charge is 0.345 e. The molecule has 0 aromatic carbocycles. The molecule has 142 valence electrons. The fourth-order valence-electron chi connectivity index (χ4n) is 3.24. The number of aryl methyl sites for hydroxylation is 3. The van der Waals surface area contributed by atoms with Gasteiger partial charge in [0.2, 0.25) is 5.91 Å². The van der Waals surface area contributed by atoms with E-state index in [0.717, 1.165) is 30.8 Å². The quantitative estimate of drug-likeness (QED) is 0.840. The molecule has 1 N–H and O–H groups in total. The number of carbonyl (C=O) groups excluding carboxylic acids is 1. The standard InChI is InChI=1S/C18H27N5O3/c1-12(2)6-9-23-18(25)22-8-7-14(4-5-16(22)20-23)19-17(24)11-15-10-13(3)21-26-15/h10,12,14H,4-9,11H2,1-3H3,(H,19,24). The average Bonchev–Trinajstić information content (AvgIpc) is 3.04.